The lowest BCUT2D eigenvalue weighted by Crippen LogP contribution is -2.21. The molecule has 12 heteroatoms. The number of ketones is 1. The van der Waals surface area contributed by atoms with Crippen molar-refractivity contribution in [2.75, 3.05) is 45.2 Å². The molecular formula is C38H49N5O7. The van der Waals surface area contributed by atoms with Crippen LogP contribution in [0.1, 0.15) is 84.9 Å². The first-order chi connectivity index (χ1) is 24.1. The Labute approximate surface area is 295 Å². The second-order valence-corrected chi connectivity index (χ2v) is 10.2. The minimum absolute atomic E-state index is 0. The summed E-state index contributed by atoms with van der Waals surface area (Å²) in [7, 11) is 0. The lowest BCUT2D eigenvalue weighted by Gasteiger charge is -2.13. The maximum Gasteiger partial charge on any atom is 0.338 e. The number of nitrogens with two attached hydrogens (primary N) is 1. The highest BCUT2D eigenvalue weighted by Gasteiger charge is 2.12. The minimum atomic E-state index is -0.416. The van der Waals surface area contributed by atoms with Crippen molar-refractivity contribution in [2.45, 2.75) is 66.7 Å². The van der Waals surface area contributed by atoms with E-state index in [2.05, 4.69) is 30.5 Å². The monoisotopic (exact) mass is 687 g/mol. The number of anilines is 1. The molecule has 0 aliphatic heterocycles. The summed E-state index contributed by atoms with van der Waals surface area (Å²) < 4.78 is 14.8. The van der Waals surface area contributed by atoms with E-state index < -0.39 is 6.61 Å². The maximum absolute atomic E-state index is 11.5. The third kappa shape index (κ3) is 18.2. The average Bonchev–Trinajstić information content (AvgIpc) is 3.51. The van der Waals surface area contributed by atoms with Crippen molar-refractivity contribution < 1.29 is 33.4 Å². The second-order valence-electron chi connectivity index (χ2n) is 10.2. The number of carbonyl (C=O) groups excluding carboxylic acids is 3. The summed E-state index contributed by atoms with van der Waals surface area (Å²) in [4.78, 5) is 39.6. The molecule has 0 unspecified atom stereocenters. The van der Waals surface area contributed by atoms with Gasteiger partial charge in [0, 0.05) is 6.42 Å². The first-order valence-corrected chi connectivity index (χ1v) is 16.4. The molecule has 12 nitrogen and oxygen atoms in total. The fourth-order valence-electron chi connectivity index (χ4n) is 4.10. The van der Waals surface area contributed by atoms with Crippen LogP contribution in [0.15, 0.2) is 59.2 Å². The van der Waals surface area contributed by atoms with Gasteiger partial charge in [0.2, 0.25) is 0 Å². The number of esters is 2. The van der Waals surface area contributed by atoms with Crippen LogP contribution >= 0.6 is 0 Å². The van der Waals surface area contributed by atoms with Gasteiger partial charge in [0.25, 0.3) is 5.69 Å². The van der Waals surface area contributed by atoms with E-state index in [1.807, 2.05) is 12.1 Å². The van der Waals surface area contributed by atoms with Crippen LogP contribution in [0.4, 0.5) is 11.6 Å². The Balaban J connectivity index is 0.000000736. The van der Waals surface area contributed by atoms with Gasteiger partial charge >= 0.3 is 11.9 Å². The van der Waals surface area contributed by atoms with Gasteiger partial charge in [-0.2, -0.15) is 10.5 Å². The number of nitrogens with zero attached hydrogens (tertiary/aromatic N) is 4. The van der Waals surface area contributed by atoms with Crippen LogP contribution in [0.25, 0.3) is 4.85 Å². The van der Waals surface area contributed by atoms with E-state index in [0.717, 1.165) is 23.1 Å². The van der Waals surface area contributed by atoms with Gasteiger partial charge in [0.1, 0.15) is 13.0 Å². The van der Waals surface area contributed by atoms with Crippen molar-refractivity contribution in [3.63, 3.8) is 0 Å². The van der Waals surface area contributed by atoms with Crippen molar-refractivity contribution in [1.82, 2.24) is 4.90 Å². The second kappa shape index (κ2) is 27.5. The molecule has 268 valence electrons. The van der Waals surface area contributed by atoms with Crippen LogP contribution < -0.4 is 5.73 Å². The van der Waals surface area contributed by atoms with Gasteiger partial charge in [0.15, 0.2) is 11.7 Å². The number of aliphatic hydroxyl groups is 1. The molecule has 1 aromatic heterocycles. The van der Waals surface area contributed by atoms with Crippen molar-refractivity contribution in [3.8, 4) is 12.1 Å². The van der Waals surface area contributed by atoms with Crippen molar-refractivity contribution in [1.29, 1.82) is 10.5 Å². The Morgan fingerprint density at radius 1 is 0.820 bits per heavy atom. The number of aliphatic hydroxyl groups excluding tert-OH is 1. The van der Waals surface area contributed by atoms with Crippen LogP contribution in [-0.4, -0.2) is 67.2 Å². The molecule has 0 fully saturated rings. The highest BCUT2D eigenvalue weighted by molar-refractivity contribution is 5.89. The molecule has 1 heterocycles. The Morgan fingerprint density at radius 3 is 1.62 bits per heavy atom. The summed E-state index contributed by atoms with van der Waals surface area (Å²) in [5.41, 5.74) is 9.83. The third-order valence-corrected chi connectivity index (χ3v) is 6.96. The van der Waals surface area contributed by atoms with E-state index in [-0.39, 0.29) is 30.0 Å². The van der Waals surface area contributed by atoms with Crippen molar-refractivity contribution in [3.05, 3.63) is 94.0 Å². The highest BCUT2D eigenvalue weighted by Crippen LogP contribution is 2.30. The number of hydrogen-bond acceptors (Lipinski definition) is 11. The van der Waals surface area contributed by atoms with E-state index in [0.29, 0.717) is 49.3 Å². The predicted octanol–water partition coefficient (Wildman–Crippen LogP) is 6.50. The fraction of sp³-hybridized carbons (Fsp3) is 0.421. The number of furan rings is 1. The summed E-state index contributed by atoms with van der Waals surface area (Å²) >= 11 is 0. The Hall–Kier alpha value is -5.48. The Morgan fingerprint density at radius 2 is 1.28 bits per heavy atom. The van der Waals surface area contributed by atoms with E-state index >= 15 is 0 Å². The number of ether oxygens (including phenoxy) is 2. The van der Waals surface area contributed by atoms with Crippen molar-refractivity contribution >= 4 is 29.3 Å². The summed E-state index contributed by atoms with van der Waals surface area (Å²) in [5, 5.41) is 23.8. The number of aryl methyl sites for hydroxylation is 3. The molecule has 50 heavy (non-hydrogen) atoms. The molecule has 0 aliphatic rings. The maximum atomic E-state index is 11.5. The van der Waals surface area contributed by atoms with Gasteiger partial charge in [0.05, 0.1) is 49.3 Å². The number of Topliss-reactive ketones (excluding diaryl/α,β-unsaturated/α-hetero) is 1. The van der Waals surface area contributed by atoms with Crippen molar-refractivity contribution in [2.24, 2.45) is 0 Å². The molecule has 3 rings (SSSR count). The standard InChI is InChI=1S/C16H16N2O3.C13H16O4.C6H15N.C3H2N2/c1-3-20-16(19)12-7-4-11(5-8-12)6-9-13-10-21-15(17)14(13)18-2;1-2-17-13(16)11-6-3-10(4-7-11)5-8-12(15)9-14;1-4-7(5-2)6-3;4-2-1-3-5/h4-5,7-8,10H,3,6,9,17H2,1H3;3-4,6-7,14H,2,5,8-9H2,1H3;4-6H2,1-3H3;1H2. The molecule has 2 aromatic carbocycles. The van der Waals surface area contributed by atoms with Gasteiger partial charge < -0.3 is 29.6 Å². The molecule has 0 atom stereocenters. The molecule has 3 aromatic rings. The SMILES string of the molecule is CCN(CC)CC.CCOC(=O)c1ccc(CCC(=O)CO)cc1.N#CCC#N.[C-]#[N+]c1c(CCc2ccc(C(=O)OCC)cc2)coc1N. The van der Waals surface area contributed by atoms with Gasteiger partial charge in [-0.15, -0.1) is 0 Å². The third-order valence-electron chi connectivity index (χ3n) is 6.96. The summed E-state index contributed by atoms with van der Waals surface area (Å²) in [5.74, 6) is -0.676. The predicted molar refractivity (Wildman–Crippen MR) is 191 cm³/mol. The van der Waals surface area contributed by atoms with Crippen LogP contribution in [0.5, 0.6) is 0 Å². The minimum Gasteiger partial charge on any atom is -0.462 e. The average molecular weight is 688 g/mol. The Bertz CT molecular complexity index is 1530. The van der Waals surface area contributed by atoms with Crippen LogP contribution in [0, 0.1) is 29.2 Å². The lowest BCUT2D eigenvalue weighted by atomic mass is 10.0. The molecule has 0 saturated heterocycles. The molecule has 0 aliphatic carbocycles. The lowest BCUT2D eigenvalue weighted by molar-refractivity contribution is -0.121. The molecule has 3 N–H and O–H groups in total. The van der Waals surface area contributed by atoms with Gasteiger partial charge in [-0.05, 0) is 93.7 Å². The molecule has 0 saturated carbocycles. The van der Waals surface area contributed by atoms with E-state index in [4.69, 9.17) is 41.8 Å². The summed E-state index contributed by atoms with van der Waals surface area (Å²) in [6, 6.07) is 17.5. The smallest absolute Gasteiger partial charge is 0.338 e. The first-order valence-electron chi connectivity index (χ1n) is 16.4. The largest absolute Gasteiger partial charge is 0.462 e. The number of benzene rings is 2. The molecule has 0 spiro atoms. The van der Waals surface area contributed by atoms with Gasteiger partial charge in [-0.25, -0.2) is 14.4 Å². The Kier molecular flexibility index (Phi) is 24.5. The molecule has 0 bridgehead atoms. The first kappa shape index (κ1) is 44.5. The van der Waals surface area contributed by atoms with Gasteiger partial charge in [-0.3, -0.25) is 4.79 Å². The molecule has 0 amide bonds. The normalized spacial score (nSPS) is 9.52. The fourth-order valence-corrected chi connectivity index (χ4v) is 4.10. The number of nitrogen functional groups attached to an aromatic ring is 1. The van der Waals surface area contributed by atoms with E-state index in [9.17, 15) is 14.4 Å². The summed E-state index contributed by atoms with van der Waals surface area (Å²) in [6.45, 7) is 21.0. The zero-order valence-corrected chi connectivity index (χ0v) is 29.7. The number of hydrogen-bond donors (Lipinski definition) is 2. The highest BCUT2D eigenvalue weighted by atomic mass is 16.5. The van der Waals surface area contributed by atoms with Crippen LogP contribution in [-0.2, 0) is 33.5 Å². The number of rotatable bonds is 14. The van der Waals surface area contributed by atoms with Crippen LogP contribution in [0.2, 0.25) is 0 Å². The quantitative estimate of drug-likeness (QED) is 0.139. The number of carbonyl (C=O) groups is 3. The van der Waals surface area contributed by atoms with Crippen LogP contribution in [0.3, 0.4) is 0 Å². The topological polar surface area (TPSA) is 184 Å². The zero-order chi connectivity index (χ0) is 37.7. The molecule has 0 radical (unpaired) electrons. The molecular weight excluding hydrogens is 638 g/mol. The van der Waals surface area contributed by atoms with E-state index in [1.54, 1.807) is 62.4 Å². The van der Waals surface area contributed by atoms with Gasteiger partial charge in [-0.1, -0.05) is 45.0 Å². The van der Waals surface area contributed by atoms with E-state index in [1.165, 1.54) is 25.9 Å². The number of nitriles is 2. The zero-order valence-electron chi connectivity index (χ0n) is 29.7. The summed E-state index contributed by atoms with van der Waals surface area (Å²) in [6.07, 6.45) is 3.81.